The summed E-state index contributed by atoms with van der Waals surface area (Å²) in [6, 6.07) is 4.16. The van der Waals surface area contributed by atoms with Crippen molar-refractivity contribution in [3.05, 3.63) is 35.9 Å². The number of likely N-dealkylation sites (tertiary alicyclic amines) is 1. The normalized spacial score (nSPS) is 24.3. The number of ether oxygens (including phenoxy) is 1. The van der Waals surface area contributed by atoms with Gasteiger partial charge in [-0.05, 0) is 39.2 Å². The van der Waals surface area contributed by atoms with Gasteiger partial charge in [0.05, 0.1) is 0 Å². The number of alkyl halides is 3. The molecule has 1 amide bonds. The maximum atomic E-state index is 15.1. The Morgan fingerprint density at radius 3 is 2.39 bits per heavy atom. The summed E-state index contributed by atoms with van der Waals surface area (Å²) in [6.07, 6.45) is -0.857. The SMILES string of the molecule is CC(C)(C)OC(=O)N1CCCC(CF)(c2ccccc2)C1(F)F. The number of amides is 1. The highest BCUT2D eigenvalue weighted by Gasteiger charge is 2.62. The topological polar surface area (TPSA) is 29.5 Å². The standard InChI is InChI=1S/C17H22F3NO2/c1-15(2,3)23-14(22)21-11-7-10-16(12-18,17(21,19)20)13-8-5-4-6-9-13/h4-6,8-9H,7,10-12H2,1-3H3. The zero-order valence-electron chi connectivity index (χ0n) is 13.6. The molecule has 23 heavy (non-hydrogen) atoms. The van der Waals surface area contributed by atoms with E-state index in [1.807, 2.05) is 0 Å². The number of hydrogen-bond donors (Lipinski definition) is 0. The van der Waals surface area contributed by atoms with E-state index in [9.17, 15) is 9.18 Å². The van der Waals surface area contributed by atoms with E-state index < -0.39 is 29.8 Å². The maximum absolute atomic E-state index is 15.1. The Balaban J connectivity index is 2.41. The number of halogens is 3. The maximum Gasteiger partial charge on any atom is 0.414 e. The van der Waals surface area contributed by atoms with Crippen molar-refractivity contribution in [2.24, 2.45) is 0 Å². The fourth-order valence-electron chi connectivity index (χ4n) is 2.91. The van der Waals surface area contributed by atoms with E-state index in [2.05, 4.69) is 0 Å². The summed E-state index contributed by atoms with van der Waals surface area (Å²) in [5.41, 5.74) is -2.74. The first-order valence-corrected chi connectivity index (χ1v) is 7.64. The zero-order valence-corrected chi connectivity index (χ0v) is 13.6. The summed E-state index contributed by atoms with van der Waals surface area (Å²) in [6.45, 7) is 3.41. The summed E-state index contributed by atoms with van der Waals surface area (Å²) >= 11 is 0. The number of rotatable bonds is 2. The molecular formula is C17H22F3NO2. The van der Waals surface area contributed by atoms with E-state index in [0.29, 0.717) is 4.90 Å². The van der Waals surface area contributed by atoms with Crippen LogP contribution in [0.3, 0.4) is 0 Å². The lowest BCUT2D eigenvalue weighted by Crippen LogP contribution is -2.63. The molecule has 0 saturated carbocycles. The average Bonchev–Trinajstić information content (AvgIpc) is 2.46. The molecular weight excluding hydrogens is 307 g/mol. The van der Waals surface area contributed by atoms with Crippen molar-refractivity contribution in [2.45, 2.75) is 50.7 Å². The Hall–Kier alpha value is -1.72. The molecule has 0 aliphatic carbocycles. The van der Waals surface area contributed by atoms with Crippen LogP contribution < -0.4 is 0 Å². The van der Waals surface area contributed by atoms with Crippen molar-refractivity contribution in [1.82, 2.24) is 4.90 Å². The largest absolute Gasteiger partial charge is 0.444 e. The van der Waals surface area contributed by atoms with Gasteiger partial charge in [-0.2, -0.15) is 8.78 Å². The molecule has 1 aliphatic heterocycles. The molecule has 0 radical (unpaired) electrons. The van der Waals surface area contributed by atoms with Crippen LogP contribution in [0, 0.1) is 0 Å². The Bertz CT molecular complexity index is 557. The third kappa shape index (κ3) is 3.16. The molecule has 0 bridgehead atoms. The molecule has 1 atom stereocenters. The van der Waals surface area contributed by atoms with Gasteiger partial charge < -0.3 is 4.74 Å². The number of carbonyl (C=O) groups is 1. The molecule has 6 heteroatoms. The van der Waals surface area contributed by atoms with E-state index in [-0.39, 0.29) is 24.9 Å². The smallest absolute Gasteiger partial charge is 0.414 e. The van der Waals surface area contributed by atoms with Crippen LogP contribution in [0.2, 0.25) is 0 Å². The third-order valence-corrected chi connectivity index (χ3v) is 4.07. The van der Waals surface area contributed by atoms with Gasteiger partial charge in [0.2, 0.25) is 0 Å². The first-order chi connectivity index (χ1) is 10.6. The Labute approximate surface area is 134 Å². The summed E-state index contributed by atoms with van der Waals surface area (Å²) in [5, 5.41) is 0. The molecule has 1 saturated heterocycles. The minimum atomic E-state index is -3.66. The van der Waals surface area contributed by atoms with E-state index in [1.54, 1.807) is 39.0 Å². The van der Waals surface area contributed by atoms with Gasteiger partial charge in [-0.1, -0.05) is 30.3 Å². The molecule has 1 aliphatic rings. The number of hydrogen-bond acceptors (Lipinski definition) is 2. The molecule has 1 heterocycles. The summed E-state index contributed by atoms with van der Waals surface area (Å²) in [7, 11) is 0. The number of nitrogens with zero attached hydrogens (tertiary/aromatic N) is 1. The molecule has 128 valence electrons. The third-order valence-electron chi connectivity index (χ3n) is 4.07. The molecule has 0 N–H and O–H groups in total. The van der Waals surface area contributed by atoms with Crippen LogP contribution in [0.25, 0.3) is 0 Å². The average molecular weight is 329 g/mol. The zero-order chi connectivity index (χ0) is 17.3. The second kappa shape index (κ2) is 6.06. The van der Waals surface area contributed by atoms with Crippen LogP contribution in [0.4, 0.5) is 18.0 Å². The van der Waals surface area contributed by atoms with Crippen LogP contribution >= 0.6 is 0 Å². The Kier molecular flexibility index (Phi) is 4.64. The summed E-state index contributed by atoms with van der Waals surface area (Å²) < 4.78 is 49.1. The van der Waals surface area contributed by atoms with Gasteiger partial charge in [-0.3, -0.25) is 0 Å². The van der Waals surface area contributed by atoms with Crippen LogP contribution in [0.5, 0.6) is 0 Å². The minimum Gasteiger partial charge on any atom is -0.444 e. The minimum absolute atomic E-state index is 0.0280. The highest BCUT2D eigenvalue weighted by atomic mass is 19.3. The number of piperidine rings is 1. The quantitative estimate of drug-likeness (QED) is 0.747. The lowest BCUT2D eigenvalue weighted by molar-refractivity contribution is -0.213. The van der Waals surface area contributed by atoms with E-state index in [1.165, 1.54) is 12.1 Å². The van der Waals surface area contributed by atoms with Crippen LogP contribution in [-0.4, -0.2) is 35.9 Å². The molecule has 1 fully saturated rings. The Morgan fingerprint density at radius 1 is 1.26 bits per heavy atom. The first kappa shape index (κ1) is 17.6. The van der Waals surface area contributed by atoms with Gasteiger partial charge in [0.1, 0.15) is 17.7 Å². The number of carbonyl (C=O) groups excluding carboxylic acids is 1. The molecule has 3 nitrogen and oxygen atoms in total. The van der Waals surface area contributed by atoms with Gasteiger partial charge in [0.15, 0.2) is 0 Å². The lowest BCUT2D eigenvalue weighted by atomic mass is 9.73. The predicted molar refractivity (Wildman–Crippen MR) is 81.2 cm³/mol. The molecule has 1 unspecified atom stereocenters. The highest BCUT2D eigenvalue weighted by Crippen LogP contribution is 2.49. The van der Waals surface area contributed by atoms with Gasteiger partial charge in [-0.15, -0.1) is 0 Å². The lowest BCUT2D eigenvalue weighted by Gasteiger charge is -2.48. The van der Waals surface area contributed by atoms with E-state index in [4.69, 9.17) is 4.74 Å². The second-order valence-corrected chi connectivity index (χ2v) is 6.86. The van der Waals surface area contributed by atoms with Gasteiger partial charge >= 0.3 is 12.1 Å². The predicted octanol–water partition coefficient (Wildman–Crippen LogP) is 4.52. The molecule has 0 spiro atoms. The van der Waals surface area contributed by atoms with Gasteiger partial charge in [-0.25, -0.2) is 14.1 Å². The van der Waals surface area contributed by atoms with Crippen molar-refractivity contribution >= 4 is 6.09 Å². The van der Waals surface area contributed by atoms with Crippen molar-refractivity contribution in [1.29, 1.82) is 0 Å². The monoisotopic (exact) mass is 329 g/mol. The van der Waals surface area contributed by atoms with E-state index >= 15 is 8.78 Å². The van der Waals surface area contributed by atoms with Crippen LogP contribution in [-0.2, 0) is 10.2 Å². The van der Waals surface area contributed by atoms with Crippen LogP contribution in [0.1, 0.15) is 39.2 Å². The van der Waals surface area contributed by atoms with Crippen molar-refractivity contribution in [3.8, 4) is 0 Å². The van der Waals surface area contributed by atoms with Gasteiger partial charge in [0, 0.05) is 6.54 Å². The van der Waals surface area contributed by atoms with Gasteiger partial charge in [0.25, 0.3) is 0 Å². The highest BCUT2D eigenvalue weighted by molar-refractivity contribution is 5.69. The van der Waals surface area contributed by atoms with E-state index in [0.717, 1.165) is 0 Å². The first-order valence-electron chi connectivity index (χ1n) is 7.64. The number of benzene rings is 1. The molecule has 2 rings (SSSR count). The molecule has 0 aromatic heterocycles. The summed E-state index contributed by atoms with van der Waals surface area (Å²) in [4.78, 5) is 12.5. The molecule has 1 aromatic rings. The fourth-order valence-corrected chi connectivity index (χ4v) is 2.91. The van der Waals surface area contributed by atoms with Crippen molar-refractivity contribution < 1.29 is 22.7 Å². The summed E-state index contributed by atoms with van der Waals surface area (Å²) in [5.74, 6) is 0. The second-order valence-electron chi connectivity index (χ2n) is 6.86. The van der Waals surface area contributed by atoms with Crippen molar-refractivity contribution in [2.75, 3.05) is 13.2 Å². The molecule has 1 aromatic carbocycles. The Morgan fingerprint density at radius 2 is 1.87 bits per heavy atom. The van der Waals surface area contributed by atoms with Crippen molar-refractivity contribution in [3.63, 3.8) is 0 Å². The fraction of sp³-hybridized carbons (Fsp3) is 0.588. The van der Waals surface area contributed by atoms with Crippen LogP contribution in [0.15, 0.2) is 30.3 Å².